The molecule has 1 unspecified atom stereocenters. The van der Waals surface area contributed by atoms with Gasteiger partial charge in [0, 0.05) is 12.5 Å². The molecule has 1 fully saturated rings. The molecule has 1 aromatic carbocycles. The minimum absolute atomic E-state index is 0. The van der Waals surface area contributed by atoms with Gasteiger partial charge in [-0.05, 0) is 62.6 Å². The predicted molar refractivity (Wildman–Crippen MR) is 106 cm³/mol. The van der Waals surface area contributed by atoms with Gasteiger partial charge < -0.3 is 15.1 Å². The molecule has 26 heavy (non-hydrogen) atoms. The Labute approximate surface area is 163 Å². The normalized spacial score (nSPS) is 16.7. The minimum Gasteiger partial charge on any atom is -0.427 e. The molecule has 7 heteroatoms. The van der Waals surface area contributed by atoms with Gasteiger partial charge in [-0.2, -0.15) is 0 Å². The number of piperidine rings is 1. The Balaban J connectivity index is 0.00000243. The molecule has 1 aromatic heterocycles. The van der Waals surface area contributed by atoms with Crippen LogP contribution >= 0.6 is 24.0 Å². The number of rotatable bonds is 3. The molecule has 3 rings (SSSR count). The maximum Gasteiger partial charge on any atom is 0.349 e. The molecule has 5 nitrogen and oxygen atoms in total. The first-order valence-corrected chi connectivity index (χ1v) is 8.76. The Hall–Kier alpha value is -1.82. The number of amides is 1. The monoisotopic (exact) mass is 396 g/mol. The number of carbonyl (C=O) groups is 1. The van der Waals surface area contributed by atoms with E-state index >= 15 is 0 Å². The highest BCUT2D eigenvalue weighted by Crippen LogP contribution is 2.25. The van der Waals surface area contributed by atoms with Crippen molar-refractivity contribution < 1.29 is 9.21 Å². The Bertz CT molecular complexity index is 858. The summed E-state index contributed by atoms with van der Waals surface area (Å²) in [4.78, 5) is 24.9. The maximum absolute atomic E-state index is 12.5. The third-order valence-electron chi connectivity index (χ3n) is 4.47. The molecule has 1 saturated heterocycles. The molecule has 1 atom stereocenters. The van der Waals surface area contributed by atoms with Crippen molar-refractivity contribution in [3.05, 3.63) is 62.2 Å². The second-order valence-corrected chi connectivity index (χ2v) is 6.88. The molecule has 2 heterocycles. The van der Waals surface area contributed by atoms with Gasteiger partial charge >= 0.3 is 5.63 Å². The average Bonchev–Trinajstić information content (AvgIpc) is 2.57. The number of halogens is 2. The second-order valence-electron chi connectivity index (χ2n) is 6.47. The summed E-state index contributed by atoms with van der Waals surface area (Å²) in [6.45, 7) is 5.43. The zero-order valence-electron chi connectivity index (χ0n) is 14.7. The van der Waals surface area contributed by atoms with E-state index in [2.05, 4.69) is 10.6 Å². The molecule has 0 radical (unpaired) electrons. The van der Waals surface area contributed by atoms with Gasteiger partial charge in [-0.3, -0.25) is 4.79 Å². The molecule has 0 spiro atoms. The van der Waals surface area contributed by atoms with Gasteiger partial charge in [-0.25, -0.2) is 4.79 Å². The molecule has 2 aromatic rings. The van der Waals surface area contributed by atoms with Crippen LogP contribution in [-0.4, -0.2) is 19.0 Å². The van der Waals surface area contributed by atoms with E-state index in [0.29, 0.717) is 22.0 Å². The Kier molecular flexibility index (Phi) is 6.87. The van der Waals surface area contributed by atoms with Crippen LogP contribution in [0, 0.1) is 13.8 Å². The molecule has 1 aliphatic rings. The van der Waals surface area contributed by atoms with E-state index in [0.717, 1.165) is 31.5 Å². The second kappa shape index (κ2) is 8.71. The van der Waals surface area contributed by atoms with Crippen molar-refractivity contribution in [2.75, 3.05) is 18.4 Å². The number of anilines is 1. The van der Waals surface area contributed by atoms with Crippen LogP contribution in [0.25, 0.3) is 0 Å². The van der Waals surface area contributed by atoms with Crippen molar-refractivity contribution in [2.24, 2.45) is 0 Å². The predicted octanol–water partition coefficient (Wildman–Crippen LogP) is 4.05. The highest BCUT2D eigenvalue weighted by atomic mass is 35.5. The van der Waals surface area contributed by atoms with E-state index in [9.17, 15) is 9.59 Å². The van der Waals surface area contributed by atoms with Crippen LogP contribution in [0.1, 0.15) is 46.0 Å². The Morgan fingerprint density at radius 1 is 1.31 bits per heavy atom. The summed E-state index contributed by atoms with van der Waals surface area (Å²) in [6.07, 6.45) is 2.02. The lowest BCUT2D eigenvalue weighted by Gasteiger charge is -2.22. The summed E-state index contributed by atoms with van der Waals surface area (Å²) in [7, 11) is 0. The minimum atomic E-state index is -0.610. The smallest absolute Gasteiger partial charge is 0.349 e. The standard InChI is InChI=1S/C19H21ClN2O3.ClH/c1-11-5-6-15(14(20)8-11)22-18(23)17-12(2)9-16(25-19(17)24)13-4-3-7-21-10-13;/h5-6,8-9,13,21H,3-4,7,10H2,1-2H3,(H,22,23);1H. The SMILES string of the molecule is Cc1ccc(NC(=O)c2c(C)cc(C3CCCNC3)oc2=O)c(Cl)c1.Cl. The average molecular weight is 397 g/mol. The zero-order valence-corrected chi connectivity index (χ0v) is 16.3. The number of benzene rings is 1. The number of hydrogen-bond acceptors (Lipinski definition) is 4. The van der Waals surface area contributed by atoms with Crippen LogP contribution in [0.15, 0.2) is 33.5 Å². The molecule has 0 aliphatic carbocycles. The fourth-order valence-corrected chi connectivity index (χ4v) is 3.39. The van der Waals surface area contributed by atoms with Crippen LogP contribution < -0.4 is 16.3 Å². The van der Waals surface area contributed by atoms with Gasteiger partial charge in [0.15, 0.2) is 0 Å². The van der Waals surface area contributed by atoms with Gasteiger partial charge in [0.2, 0.25) is 0 Å². The third kappa shape index (κ3) is 4.47. The van der Waals surface area contributed by atoms with E-state index in [1.165, 1.54) is 0 Å². The highest BCUT2D eigenvalue weighted by molar-refractivity contribution is 6.34. The lowest BCUT2D eigenvalue weighted by Crippen LogP contribution is -2.30. The van der Waals surface area contributed by atoms with Crippen LogP contribution in [0.3, 0.4) is 0 Å². The first-order valence-electron chi connectivity index (χ1n) is 8.38. The molecule has 1 amide bonds. The molecular weight excluding hydrogens is 375 g/mol. The third-order valence-corrected chi connectivity index (χ3v) is 4.78. The lowest BCUT2D eigenvalue weighted by molar-refractivity contribution is 0.102. The first kappa shape index (κ1) is 20.5. The molecular formula is C19H22Cl2N2O3. The summed E-state index contributed by atoms with van der Waals surface area (Å²) in [6, 6.07) is 7.11. The van der Waals surface area contributed by atoms with Crippen LogP contribution in [0.4, 0.5) is 5.69 Å². The summed E-state index contributed by atoms with van der Waals surface area (Å²) >= 11 is 6.14. The number of carbonyl (C=O) groups excluding carboxylic acids is 1. The van der Waals surface area contributed by atoms with Crippen molar-refractivity contribution in [1.29, 1.82) is 0 Å². The number of aryl methyl sites for hydroxylation is 2. The van der Waals surface area contributed by atoms with Gasteiger partial charge in [0.25, 0.3) is 5.91 Å². The zero-order chi connectivity index (χ0) is 18.0. The molecule has 0 saturated carbocycles. The largest absolute Gasteiger partial charge is 0.427 e. The fraction of sp³-hybridized carbons (Fsp3) is 0.368. The topological polar surface area (TPSA) is 71.3 Å². The summed E-state index contributed by atoms with van der Waals surface area (Å²) in [5, 5.41) is 6.42. The van der Waals surface area contributed by atoms with E-state index < -0.39 is 11.5 Å². The van der Waals surface area contributed by atoms with E-state index in [4.69, 9.17) is 16.0 Å². The van der Waals surface area contributed by atoms with Gasteiger partial charge in [-0.15, -0.1) is 12.4 Å². The van der Waals surface area contributed by atoms with Gasteiger partial charge in [0.05, 0.1) is 10.7 Å². The van der Waals surface area contributed by atoms with Crippen LogP contribution in [-0.2, 0) is 0 Å². The summed E-state index contributed by atoms with van der Waals surface area (Å²) < 4.78 is 5.45. The summed E-state index contributed by atoms with van der Waals surface area (Å²) in [5.41, 5.74) is 1.48. The molecule has 2 N–H and O–H groups in total. The van der Waals surface area contributed by atoms with E-state index in [1.807, 2.05) is 13.0 Å². The molecule has 1 aliphatic heterocycles. The fourth-order valence-electron chi connectivity index (χ4n) is 3.11. The van der Waals surface area contributed by atoms with Crippen molar-refractivity contribution >= 4 is 35.6 Å². The molecule has 0 bridgehead atoms. The lowest BCUT2D eigenvalue weighted by atomic mass is 9.95. The maximum atomic E-state index is 12.5. The first-order chi connectivity index (χ1) is 12.0. The number of hydrogen-bond donors (Lipinski definition) is 2. The Morgan fingerprint density at radius 3 is 2.69 bits per heavy atom. The summed E-state index contributed by atoms with van der Waals surface area (Å²) in [5.74, 6) is 0.300. The van der Waals surface area contributed by atoms with Crippen molar-refractivity contribution in [2.45, 2.75) is 32.6 Å². The Morgan fingerprint density at radius 2 is 2.08 bits per heavy atom. The van der Waals surface area contributed by atoms with Crippen molar-refractivity contribution in [3.63, 3.8) is 0 Å². The van der Waals surface area contributed by atoms with Crippen molar-refractivity contribution in [1.82, 2.24) is 5.32 Å². The van der Waals surface area contributed by atoms with Crippen molar-refractivity contribution in [3.8, 4) is 0 Å². The van der Waals surface area contributed by atoms with E-state index in [-0.39, 0.29) is 23.9 Å². The number of nitrogens with one attached hydrogen (secondary N) is 2. The van der Waals surface area contributed by atoms with Crippen LogP contribution in [0.5, 0.6) is 0 Å². The van der Waals surface area contributed by atoms with Gasteiger partial charge in [-0.1, -0.05) is 17.7 Å². The van der Waals surface area contributed by atoms with Gasteiger partial charge in [0.1, 0.15) is 11.3 Å². The van der Waals surface area contributed by atoms with E-state index in [1.54, 1.807) is 25.1 Å². The molecule has 140 valence electrons. The quantitative estimate of drug-likeness (QED) is 0.820. The highest BCUT2D eigenvalue weighted by Gasteiger charge is 2.22. The van der Waals surface area contributed by atoms with Crippen LogP contribution in [0.2, 0.25) is 5.02 Å².